The van der Waals surface area contributed by atoms with Crippen LogP contribution in [0.4, 0.5) is 26.3 Å². The number of rotatable bonds is 2. The highest BCUT2D eigenvalue weighted by atomic mass is 19.4. The quantitative estimate of drug-likeness (QED) is 0.662. The summed E-state index contributed by atoms with van der Waals surface area (Å²) in [4.78, 5) is 10.2. The van der Waals surface area contributed by atoms with Crippen LogP contribution in [-0.2, 0) is 17.1 Å². The van der Waals surface area contributed by atoms with Crippen LogP contribution in [0.15, 0.2) is 24.3 Å². The summed E-state index contributed by atoms with van der Waals surface area (Å²) in [5, 5.41) is 8.30. The van der Waals surface area contributed by atoms with Crippen LogP contribution in [-0.4, -0.2) is 11.1 Å². The molecular weight excluding hydrogens is 278 g/mol. The number of hydrogen-bond donors (Lipinski definition) is 1. The van der Waals surface area contributed by atoms with Crippen molar-refractivity contribution in [3.05, 3.63) is 41.0 Å². The zero-order chi connectivity index (χ0) is 14.8. The monoisotopic (exact) mass is 284 g/mol. The Hall–Kier alpha value is -1.99. The number of halogens is 6. The van der Waals surface area contributed by atoms with Gasteiger partial charge in [-0.05, 0) is 29.8 Å². The van der Waals surface area contributed by atoms with Gasteiger partial charge in [-0.25, -0.2) is 4.79 Å². The van der Waals surface area contributed by atoms with Gasteiger partial charge in [0.25, 0.3) is 0 Å². The van der Waals surface area contributed by atoms with Gasteiger partial charge in [-0.1, -0.05) is 0 Å². The molecule has 0 unspecified atom stereocenters. The zero-order valence-corrected chi connectivity index (χ0v) is 9.01. The molecule has 0 radical (unpaired) electrons. The molecule has 0 amide bonds. The van der Waals surface area contributed by atoms with Gasteiger partial charge < -0.3 is 5.11 Å². The second-order valence-electron chi connectivity index (χ2n) is 3.51. The van der Waals surface area contributed by atoms with Crippen LogP contribution >= 0.6 is 0 Å². The standard InChI is InChI=1S/C11H6F6O2/c12-10(13,14)7-3-6(1-2-9(18)19)4-8(5-7)11(15,16)17/h1-5H,(H,18,19)/b2-1-. The van der Waals surface area contributed by atoms with Gasteiger partial charge in [0, 0.05) is 6.08 Å². The van der Waals surface area contributed by atoms with Gasteiger partial charge in [-0.3, -0.25) is 0 Å². The molecule has 1 aromatic carbocycles. The summed E-state index contributed by atoms with van der Waals surface area (Å²) >= 11 is 0. The van der Waals surface area contributed by atoms with Crippen molar-refractivity contribution in [1.82, 2.24) is 0 Å². The molecule has 19 heavy (non-hydrogen) atoms. The average Bonchev–Trinajstić information content (AvgIpc) is 2.23. The molecule has 0 atom stereocenters. The number of carboxylic acids is 1. The first-order chi connectivity index (χ1) is 8.50. The minimum absolute atomic E-state index is 0.0297. The van der Waals surface area contributed by atoms with Crippen molar-refractivity contribution in [3.63, 3.8) is 0 Å². The van der Waals surface area contributed by atoms with Crippen LogP contribution < -0.4 is 0 Å². The fourth-order valence-electron chi connectivity index (χ4n) is 1.24. The smallest absolute Gasteiger partial charge is 0.416 e. The summed E-state index contributed by atoms with van der Waals surface area (Å²) in [7, 11) is 0. The molecule has 0 spiro atoms. The van der Waals surface area contributed by atoms with Crippen molar-refractivity contribution < 1.29 is 36.2 Å². The zero-order valence-electron chi connectivity index (χ0n) is 9.01. The van der Waals surface area contributed by atoms with Crippen molar-refractivity contribution >= 4 is 12.0 Å². The number of benzene rings is 1. The van der Waals surface area contributed by atoms with Gasteiger partial charge in [0.2, 0.25) is 0 Å². The molecule has 1 aromatic rings. The molecule has 0 aromatic heterocycles. The predicted octanol–water partition coefficient (Wildman–Crippen LogP) is 3.82. The second kappa shape index (κ2) is 4.94. The van der Waals surface area contributed by atoms with Crippen molar-refractivity contribution in [3.8, 4) is 0 Å². The molecule has 0 heterocycles. The third-order valence-corrected chi connectivity index (χ3v) is 2.03. The first-order valence-electron chi connectivity index (χ1n) is 4.70. The Bertz CT molecular complexity index is 481. The molecule has 8 heteroatoms. The number of alkyl halides is 6. The van der Waals surface area contributed by atoms with Crippen LogP contribution in [0.1, 0.15) is 16.7 Å². The van der Waals surface area contributed by atoms with E-state index >= 15 is 0 Å². The van der Waals surface area contributed by atoms with Gasteiger partial charge in [-0.15, -0.1) is 0 Å². The molecule has 0 aliphatic carbocycles. The Morgan fingerprint density at radius 3 is 1.68 bits per heavy atom. The number of aliphatic carboxylic acids is 1. The van der Waals surface area contributed by atoms with Gasteiger partial charge in [-0.2, -0.15) is 26.3 Å². The Labute approximate surface area is 103 Å². The maximum Gasteiger partial charge on any atom is 0.416 e. The van der Waals surface area contributed by atoms with E-state index in [0.29, 0.717) is 24.3 Å². The lowest BCUT2D eigenvalue weighted by molar-refractivity contribution is -0.143. The van der Waals surface area contributed by atoms with Crippen LogP contribution in [0.25, 0.3) is 6.08 Å². The Morgan fingerprint density at radius 2 is 1.37 bits per heavy atom. The molecule has 1 rings (SSSR count). The second-order valence-corrected chi connectivity index (χ2v) is 3.51. The van der Waals surface area contributed by atoms with Crippen LogP contribution in [0.5, 0.6) is 0 Å². The van der Waals surface area contributed by atoms with E-state index in [4.69, 9.17) is 5.11 Å². The fourth-order valence-corrected chi connectivity index (χ4v) is 1.24. The van der Waals surface area contributed by atoms with E-state index in [0.717, 1.165) is 0 Å². The van der Waals surface area contributed by atoms with Gasteiger partial charge in [0.1, 0.15) is 0 Å². The van der Waals surface area contributed by atoms with E-state index in [1.54, 1.807) is 0 Å². The normalized spacial score (nSPS) is 12.9. The Morgan fingerprint density at radius 1 is 0.947 bits per heavy atom. The molecule has 0 fully saturated rings. The summed E-state index contributed by atoms with van der Waals surface area (Å²) in [6.45, 7) is 0. The first kappa shape index (κ1) is 15.1. The number of hydrogen-bond acceptors (Lipinski definition) is 1. The summed E-state index contributed by atoms with van der Waals surface area (Å²) < 4.78 is 74.6. The van der Waals surface area contributed by atoms with E-state index in [2.05, 4.69) is 0 Å². The van der Waals surface area contributed by atoms with Crippen LogP contribution in [0.2, 0.25) is 0 Å². The van der Waals surface area contributed by atoms with E-state index in [1.165, 1.54) is 0 Å². The van der Waals surface area contributed by atoms with Gasteiger partial charge in [0.05, 0.1) is 11.1 Å². The van der Waals surface area contributed by atoms with Crippen molar-refractivity contribution in [2.45, 2.75) is 12.4 Å². The lowest BCUT2D eigenvalue weighted by Crippen LogP contribution is -2.11. The Kier molecular flexibility index (Phi) is 3.92. The molecule has 0 saturated carbocycles. The van der Waals surface area contributed by atoms with Crippen molar-refractivity contribution in [1.29, 1.82) is 0 Å². The average molecular weight is 284 g/mol. The highest BCUT2D eigenvalue weighted by molar-refractivity contribution is 5.85. The SMILES string of the molecule is O=C(O)/C=C\c1cc(C(F)(F)F)cc(C(F)(F)F)c1. The highest BCUT2D eigenvalue weighted by Crippen LogP contribution is 2.36. The van der Waals surface area contributed by atoms with Crippen molar-refractivity contribution in [2.75, 3.05) is 0 Å². The fraction of sp³-hybridized carbons (Fsp3) is 0.182. The summed E-state index contributed by atoms with van der Waals surface area (Å²) in [6, 6.07) is 0.849. The maximum absolute atomic E-state index is 12.4. The Balaban J connectivity index is 3.37. The van der Waals surface area contributed by atoms with E-state index in [-0.39, 0.29) is 6.07 Å². The third kappa shape index (κ3) is 4.31. The lowest BCUT2D eigenvalue weighted by atomic mass is 10.0. The minimum atomic E-state index is -4.95. The van der Waals surface area contributed by atoms with E-state index < -0.39 is 35.0 Å². The molecule has 0 saturated heterocycles. The topological polar surface area (TPSA) is 37.3 Å². The highest BCUT2D eigenvalue weighted by Gasteiger charge is 2.36. The molecular formula is C11H6F6O2. The van der Waals surface area contributed by atoms with Crippen LogP contribution in [0, 0.1) is 0 Å². The minimum Gasteiger partial charge on any atom is -0.478 e. The first-order valence-corrected chi connectivity index (χ1v) is 4.70. The lowest BCUT2D eigenvalue weighted by Gasteiger charge is -2.12. The molecule has 1 N–H and O–H groups in total. The van der Waals surface area contributed by atoms with E-state index in [9.17, 15) is 31.1 Å². The summed E-state index contributed by atoms with van der Waals surface area (Å²) in [5.74, 6) is -1.48. The number of carboxylic acid groups (broad SMARTS) is 1. The molecule has 2 nitrogen and oxygen atoms in total. The molecule has 104 valence electrons. The molecule has 0 aliphatic heterocycles. The predicted molar refractivity (Wildman–Crippen MR) is 53.1 cm³/mol. The maximum atomic E-state index is 12.4. The third-order valence-electron chi connectivity index (χ3n) is 2.03. The van der Waals surface area contributed by atoms with Gasteiger partial charge in [0.15, 0.2) is 0 Å². The van der Waals surface area contributed by atoms with Crippen LogP contribution in [0.3, 0.4) is 0 Å². The van der Waals surface area contributed by atoms with Crippen molar-refractivity contribution in [2.24, 2.45) is 0 Å². The summed E-state index contributed by atoms with van der Waals surface area (Å²) in [6.07, 6.45) is -8.79. The molecule has 0 bridgehead atoms. The van der Waals surface area contributed by atoms with E-state index in [1.807, 2.05) is 0 Å². The largest absolute Gasteiger partial charge is 0.478 e. The summed E-state index contributed by atoms with van der Waals surface area (Å²) in [5.41, 5.74) is -3.48. The molecule has 0 aliphatic rings. The number of carbonyl (C=O) groups is 1. The van der Waals surface area contributed by atoms with Gasteiger partial charge >= 0.3 is 18.3 Å².